The van der Waals surface area contributed by atoms with Gasteiger partial charge in [0.25, 0.3) is 5.91 Å². The molecular formula is C23H34N4O3. The lowest BCUT2D eigenvalue weighted by molar-refractivity contribution is -0.0802. The quantitative estimate of drug-likeness (QED) is 0.725. The maximum Gasteiger partial charge on any atom is 0.272 e. The van der Waals surface area contributed by atoms with Crippen LogP contribution in [-0.2, 0) is 4.74 Å². The van der Waals surface area contributed by atoms with E-state index in [1.54, 1.807) is 16.8 Å². The van der Waals surface area contributed by atoms with E-state index in [1.165, 1.54) is 12.8 Å². The molecule has 3 heterocycles. The molecule has 7 heteroatoms. The summed E-state index contributed by atoms with van der Waals surface area (Å²) in [6.07, 6.45) is 5.07. The van der Waals surface area contributed by atoms with E-state index < -0.39 is 0 Å². The van der Waals surface area contributed by atoms with Crippen LogP contribution in [0.1, 0.15) is 69.4 Å². The van der Waals surface area contributed by atoms with Gasteiger partial charge in [0.15, 0.2) is 5.69 Å². The predicted octanol–water partition coefficient (Wildman–Crippen LogP) is 3.47. The number of phenolic OH excluding ortho intramolecular Hbond substituents is 1. The Hall–Kier alpha value is -2.12. The molecule has 2 aliphatic rings. The van der Waals surface area contributed by atoms with Crippen LogP contribution in [0.2, 0.25) is 0 Å². The third-order valence-corrected chi connectivity index (χ3v) is 6.71. The average molecular weight is 415 g/mol. The first-order valence-electron chi connectivity index (χ1n) is 11.4. The Labute approximate surface area is 178 Å². The fourth-order valence-electron chi connectivity index (χ4n) is 4.90. The zero-order chi connectivity index (χ0) is 21.3. The minimum Gasteiger partial charge on any atom is -0.506 e. The molecule has 7 nitrogen and oxygen atoms in total. The van der Waals surface area contributed by atoms with Gasteiger partial charge < -0.3 is 15.2 Å². The summed E-state index contributed by atoms with van der Waals surface area (Å²) in [4.78, 5) is 15.8. The highest BCUT2D eigenvalue weighted by molar-refractivity contribution is 6.06. The zero-order valence-corrected chi connectivity index (χ0v) is 18.3. The number of amides is 1. The van der Waals surface area contributed by atoms with Gasteiger partial charge in [0.05, 0.1) is 13.2 Å². The Morgan fingerprint density at radius 3 is 2.70 bits per heavy atom. The lowest BCUT2D eigenvalue weighted by atomic mass is 9.89. The molecule has 0 aliphatic carbocycles. The highest BCUT2D eigenvalue weighted by Gasteiger charge is 2.39. The average Bonchev–Trinajstić information content (AvgIpc) is 3.13. The molecule has 2 aromatic rings. The summed E-state index contributed by atoms with van der Waals surface area (Å²) in [7, 11) is 0. The number of rotatable bonds is 7. The fourth-order valence-corrected chi connectivity index (χ4v) is 4.90. The van der Waals surface area contributed by atoms with Crippen LogP contribution in [0, 0.1) is 0 Å². The molecule has 2 aliphatic heterocycles. The molecule has 0 radical (unpaired) electrons. The molecule has 1 aromatic heterocycles. The van der Waals surface area contributed by atoms with Gasteiger partial charge in [0, 0.05) is 29.6 Å². The van der Waals surface area contributed by atoms with Crippen LogP contribution in [0.5, 0.6) is 5.75 Å². The molecule has 4 atom stereocenters. The predicted molar refractivity (Wildman–Crippen MR) is 117 cm³/mol. The molecule has 1 amide bonds. The first kappa shape index (κ1) is 21.1. The number of para-hydroxylation sites is 1. The largest absolute Gasteiger partial charge is 0.506 e. The number of aromatic nitrogens is 2. The van der Waals surface area contributed by atoms with Crippen molar-refractivity contribution in [3.05, 3.63) is 23.9 Å². The molecule has 0 saturated carbocycles. The number of phenols is 1. The molecule has 4 rings (SSSR count). The van der Waals surface area contributed by atoms with Gasteiger partial charge >= 0.3 is 0 Å². The van der Waals surface area contributed by atoms with Crippen molar-refractivity contribution < 1.29 is 14.6 Å². The highest BCUT2D eigenvalue weighted by Crippen LogP contribution is 2.31. The van der Waals surface area contributed by atoms with E-state index in [1.807, 2.05) is 13.0 Å². The van der Waals surface area contributed by atoms with E-state index in [-0.39, 0.29) is 23.7 Å². The number of nitrogens with one attached hydrogen (secondary N) is 1. The standard InChI is InChI=1S/C23H34N4O3/c1-4-6-10-26-17-11-16(12-18(26)14-30-13-17)24-23(29)21-19-8-7-9-20(28)22(19)27(25-21)15(3)5-2/h7-9,15-18,28H,4-6,10-14H2,1-3H3,(H,24,29)/t15?,16-,17-,18+. The first-order chi connectivity index (χ1) is 14.5. The minimum atomic E-state index is -0.154. The molecule has 2 N–H and O–H groups in total. The number of hydrogen-bond acceptors (Lipinski definition) is 5. The number of carbonyl (C=O) groups excluding carboxylic acids is 1. The van der Waals surface area contributed by atoms with Gasteiger partial charge in [-0.05, 0) is 45.2 Å². The number of benzene rings is 1. The molecule has 2 bridgehead atoms. The monoisotopic (exact) mass is 414 g/mol. The third kappa shape index (κ3) is 3.93. The molecular weight excluding hydrogens is 380 g/mol. The van der Waals surface area contributed by atoms with Crippen LogP contribution < -0.4 is 5.32 Å². The Balaban J connectivity index is 1.54. The number of hydrogen-bond donors (Lipinski definition) is 2. The Morgan fingerprint density at radius 1 is 1.30 bits per heavy atom. The Morgan fingerprint density at radius 2 is 2.03 bits per heavy atom. The summed E-state index contributed by atoms with van der Waals surface area (Å²) in [6, 6.07) is 6.24. The fraction of sp³-hybridized carbons (Fsp3) is 0.652. The van der Waals surface area contributed by atoms with Crippen LogP contribution in [-0.4, -0.2) is 63.6 Å². The van der Waals surface area contributed by atoms with Crippen molar-refractivity contribution in [1.82, 2.24) is 20.0 Å². The molecule has 1 aromatic carbocycles. The van der Waals surface area contributed by atoms with Gasteiger partial charge in [-0.1, -0.05) is 32.4 Å². The number of aromatic hydroxyl groups is 1. The van der Waals surface area contributed by atoms with Crippen molar-refractivity contribution in [1.29, 1.82) is 0 Å². The van der Waals surface area contributed by atoms with Gasteiger partial charge in [-0.15, -0.1) is 0 Å². The highest BCUT2D eigenvalue weighted by atomic mass is 16.5. The second-order valence-electron chi connectivity index (χ2n) is 8.80. The van der Waals surface area contributed by atoms with Gasteiger partial charge in [0.2, 0.25) is 0 Å². The van der Waals surface area contributed by atoms with E-state index in [0.29, 0.717) is 28.7 Å². The van der Waals surface area contributed by atoms with Crippen LogP contribution >= 0.6 is 0 Å². The number of fused-ring (bicyclic) bond motifs is 3. The number of unbranched alkanes of at least 4 members (excludes halogenated alkanes) is 1. The van der Waals surface area contributed by atoms with Gasteiger partial charge in [-0.3, -0.25) is 14.4 Å². The number of carbonyl (C=O) groups is 1. The molecule has 1 unspecified atom stereocenters. The van der Waals surface area contributed by atoms with Crippen molar-refractivity contribution in [2.24, 2.45) is 0 Å². The number of piperidine rings is 1. The summed E-state index contributed by atoms with van der Waals surface area (Å²) >= 11 is 0. The lowest BCUT2D eigenvalue weighted by Gasteiger charge is -2.48. The smallest absolute Gasteiger partial charge is 0.272 e. The first-order valence-corrected chi connectivity index (χ1v) is 11.4. The third-order valence-electron chi connectivity index (χ3n) is 6.71. The van der Waals surface area contributed by atoms with Crippen molar-refractivity contribution in [3.63, 3.8) is 0 Å². The van der Waals surface area contributed by atoms with Crippen LogP contribution in [0.15, 0.2) is 18.2 Å². The van der Waals surface area contributed by atoms with Crippen LogP contribution in [0.25, 0.3) is 10.9 Å². The van der Waals surface area contributed by atoms with E-state index in [4.69, 9.17) is 4.74 Å². The lowest BCUT2D eigenvalue weighted by Crippen LogP contribution is -2.60. The van der Waals surface area contributed by atoms with E-state index in [0.717, 1.165) is 39.0 Å². The summed E-state index contributed by atoms with van der Waals surface area (Å²) < 4.78 is 7.59. The zero-order valence-electron chi connectivity index (χ0n) is 18.3. The number of morpholine rings is 1. The number of ether oxygens (including phenoxy) is 1. The topological polar surface area (TPSA) is 79.6 Å². The van der Waals surface area contributed by atoms with Crippen LogP contribution in [0.4, 0.5) is 0 Å². The number of nitrogens with zero attached hydrogens (tertiary/aromatic N) is 3. The summed E-state index contributed by atoms with van der Waals surface area (Å²) in [5.74, 6) is 0.00826. The Bertz CT molecular complexity index is 882. The van der Waals surface area contributed by atoms with E-state index in [9.17, 15) is 9.90 Å². The van der Waals surface area contributed by atoms with E-state index >= 15 is 0 Å². The summed E-state index contributed by atoms with van der Waals surface area (Å²) in [6.45, 7) is 8.94. The SMILES string of the molecule is CCCCN1[C@@H]2COC[C@H]1C[C@@H](NC(=O)c1nn(C(C)CC)c3c(O)cccc13)C2. The molecule has 2 fully saturated rings. The van der Waals surface area contributed by atoms with Crippen molar-refractivity contribution in [2.75, 3.05) is 19.8 Å². The van der Waals surface area contributed by atoms with Gasteiger partial charge in [-0.25, -0.2) is 0 Å². The summed E-state index contributed by atoms with van der Waals surface area (Å²) in [5.41, 5.74) is 1.03. The van der Waals surface area contributed by atoms with Gasteiger partial charge in [-0.2, -0.15) is 5.10 Å². The second-order valence-corrected chi connectivity index (χ2v) is 8.80. The summed E-state index contributed by atoms with van der Waals surface area (Å²) in [5, 5.41) is 19.0. The van der Waals surface area contributed by atoms with Crippen LogP contribution in [0.3, 0.4) is 0 Å². The van der Waals surface area contributed by atoms with Crippen molar-refractivity contribution >= 4 is 16.8 Å². The van der Waals surface area contributed by atoms with Crippen molar-refractivity contribution in [2.45, 2.75) is 77.0 Å². The maximum absolute atomic E-state index is 13.2. The van der Waals surface area contributed by atoms with Gasteiger partial charge in [0.1, 0.15) is 11.3 Å². The normalized spacial score (nSPS) is 25.4. The molecule has 30 heavy (non-hydrogen) atoms. The molecule has 2 saturated heterocycles. The second kappa shape index (κ2) is 8.94. The van der Waals surface area contributed by atoms with E-state index in [2.05, 4.69) is 29.2 Å². The Kier molecular flexibility index (Phi) is 6.29. The van der Waals surface area contributed by atoms with Crippen molar-refractivity contribution in [3.8, 4) is 5.75 Å². The molecule has 164 valence electrons. The minimum absolute atomic E-state index is 0.0978. The molecule has 0 spiro atoms. The maximum atomic E-state index is 13.2.